The molecule has 81 heavy (non-hydrogen) atoms. The number of phosphoric acid groups is 2. The van der Waals surface area contributed by atoms with E-state index in [0.29, 0.717) is 43.4 Å². The van der Waals surface area contributed by atoms with Crippen molar-refractivity contribution < 1.29 is 80.2 Å². The first-order valence-corrected chi connectivity index (χ1v) is 35.2. The van der Waals surface area contributed by atoms with Crippen molar-refractivity contribution in [3.05, 3.63) is 0 Å². The highest BCUT2D eigenvalue weighted by atomic mass is 31.2. The molecule has 0 fully saturated rings. The van der Waals surface area contributed by atoms with Gasteiger partial charge in [0.15, 0.2) is 12.2 Å². The lowest BCUT2D eigenvalue weighted by Gasteiger charge is -2.21. The molecule has 0 aromatic heterocycles. The smallest absolute Gasteiger partial charge is 0.462 e. The van der Waals surface area contributed by atoms with E-state index in [-0.39, 0.29) is 25.7 Å². The molecule has 0 rings (SSSR count). The molecule has 0 radical (unpaired) electrons. The molecule has 0 amide bonds. The third-order valence-corrected chi connectivity index (χ3v) is 16.0. The molecule has 17 nitrogen and oxygen atoms in total. The molecular weight excluding hydrogens is 1080 g/mol. The Hall–Kier alpha value is -1.94. The van der Waals surface area contributed by atoms with Crippen LogP contribution in [0.4, 0.5) is 0 Å². The van der Waals surface area contributed by atoms with Crippen LogP contribution in [0.5, 0.6) is 0 Å². The molecule has 0 aromatic carbocycles. The average molecular weight is 1200 g/mol. The number of carbonyl (C=O) groups is 4. The molecule has 19 heteroatoms. The zero-order valence-corrected chi connectivity index (χ0v) is 54.2. The van der Waals surface area contributed by atoms with E-state index in [0.717, 1.165) is 109 Å². The molecule has 2 unspecified atom stereocenters. The minimum Gasteiger partial charge on any atom is -0.462 e. The van der Waals surface area contributed by atoms with E-state index in [1.165, 1.54) is 83.5 Å². The van der Waals surface area contributed by atoms with Gasteiger partial charge in [-0.15, -0.1) is 0 Å². The molecule has 3 N–H and O–H groups in total. The van der Waals surface area contributed by atoms with E-state index in [9.17, 15) is 43.2 Å². The maximum Gasteiger partial charge on any atom is 0.472 e. The van der Waals surface area contributed by atoms with E-state index in [4.69, 9.17) is 37.0 Å². The summed E-state index contributed by atoms with van der Waals surface area (Å²) in [5.41, 5.74) is 0. The van der Waals surface area contributed by atoms with Crippen LogP contribution in [-0.2, 0) is 65.4 Å². The number of unbranched alkanes of at least 4 members (excludes halogenated alkanes) is 25. The largest absolute Gasteiger partial charge is 0.472 e. The molecular formula is C62H120O17P2. The second kappa shape index (κ2) is 52.4. The number of ether oxygens (including phenoxy) is 4. The van der Waals surface area contributed by atoms with Gasteiger partial charge in [0.1, 0.15) is 19.3 Å². The van der Waals surface area contributed by atoms with E-state index in [2.05, 4.69) is 55.4 Å². The summed E-state index contributed by atoms with van der Waals surface area (Å²) in [6, 6.07) is 0. The Morgan fingerprint density at radius 1 is 0.309 bits per heavy atom. The topological polar surface area (TPSA) is 237 Å². The van der Waals surface area contributed by atoms with Crippen molar-refractivity contribution in [3.63, 3.8) is 0 Å². The number of hydrogen-bond acceptors (Lipinski definition) is 15. The molecule has 0 saturated heterocycles. The standard InChI is InChI=1S/C62H120O17P2/c1-52(2)38-30-22-14-11-9-10-12-16-28-36-44-61(66)78-57(48-72-59(64)42-34-26-17-13-15-23-31-39-53(3)4)50-76-80(68,69)74-46-56(63)47-75-81(70,71)77-51-58(79-62(67)45-37-29-21-19-25-33-41-55(7)8)49-73-60(65)43-35-27-20-18-24-32-40-54(5)6/h52-58,63H,9-51H2,1-8H3,(H,68,69)(H,70,71)/t56-,57-,58-/m1/s1. The molecule has 0 aliphatic carbocycles. The summed E-state index contributed by atoms with van der Waals surface area (Å²) in [4.78, 5) is 72.0. The van der Waals surface area contributed by atoms with Gasteiger partial charge in [-0.3, -0.25) is 37.3 Å². The first-order chi connectivity index (χ1) is 38.6. The van der Waals surface area contributed by atoms with Crippen LogP contribution in [0.2, 0.25) is 0 Å². The minimum atomic E-state index is -4.94. The van der Waals surface area contributed by atoms with E-state index in [1.54, 1.807) is 0 Å². The first-order valence-electron chi connectivity index (χ1n) is 32.2. The van der Waals surface area contributed by atoms with Crippen LogP contribution in [0.15, 0.2) is 0 Å². The number of aliphatic hydroxyl groups is 1. The van der Waals surface area contributed by atoms with Gasteiger partial charge >= 0.3 is 39.5 Å². The minimum absolute atomic E-state index is 0.100. The lowest BCUT2D eigenvalue weighted by atomic mass is 10.0. The second-order valence-corrected chi connectivity index (χ2v) is 27.3. The molecule has 0 aliphatic heterocycles. The first kappa shape index (κ1) is 79.1. The zero-order chi connectivity index (χ0) is 60.4. The van der Waals surface area contributed by atoms with Gasteiger partial charge in [0, 0.05) is 25.7 Å². The summed E-state index contributed by atoms with van der Waals surface area (Å²) in [6.45, 7) is 13.8. The van der Waals surface area contributed by atoms with Gasteiger partial charge < -0.3 is 33.8 Å². The molecule has 0 aliphatic rings. The van der Waals surface area contributed by atoms with Crippen molar-refractivity contribution >= 4 is 39.5 Å². The van der Waals surface area contributed by atoms with Crippen molar-refractivity contribution in [1.82, 2.24) is 0 Å². The summed E-state index contributed by atoms with van der Waals surface area (Å²) in [7, 11) is -9.88. The number of phosphoric ester groups is 2. The van der Waals surface area contributed by atoms with Gasteiger partial charge in [-0.2, -0.15) is 0 Å². The molecule has 5 atom stereocenters. The molecule has 0 heterocycles. The normalized spacial score (nSPS) is 14.5. The number of carbonyl (C=O) groups excluding carboxylic acids is 4. The Labute approximate surface area is 492 Å². The Morgan fingerprint density at radius 2 is 0.519 bits per heavy atom. The van der Waals surface area contributed by atoms with E-state index in [1.807, 2.05) is 0 Å². The second-order valence-electron chi connectivity index (χ2n) is 24.3. The fourth-order valence-electron chi connectivity index (χ4n) is 9.08. The van der Waals surface area contributed by atoms with Gasteiger partial charge in [0.2, 0.25) is 0 Å². The van der Waals surface area contributed by atoms with Gasteiger partial charge in [-0.25, -0.2) is 9.13 Å². The molecule has 0 saturated carbocycles. The lowest BCUT2D eigenvalue weighted by molar-refractivity contribution is -0.161. The third-order valence-electron chi connectivity index (χ3n) is 14.1. The van der Waals surface area contributed by atoms with Gasteiger partial charge in [-0.1, -0.05) is 242 Å². The maximum absolute atomic E-state index is 12.9. The Kier molecular flexibility index (Phi) is 51.1. The SMILES string of the molecule is CC(C)CCCCCCCCCCCCC(=O)O[C@H](COC(=O)CCCCCCCCCC(C)C)COP(=O)(O)OC[C@@H](O)COP(=O)(O)OC[C@@H](COC(=O)CCCCCCCCC(C)C)OC(=O)CCCCCCCCC(C)C. The fourth-order valence-corrected chi connectivity index (χ4v) is 10.7. The summed E-state index contributed by atoms with van der Waals surface area (Å²) in [5.74, 6) is 0.658. The van der Waals surface area contributed by atoms with Crippen molar-refractivity contribution in [2.75, 3.05) is 39.6 Å². The number of hydrogen-bond donors (Lipinski definition) is 3. The summed E-state index contributed by atoms with van der Waals surface area (Å²) < 4.78 is 67.8. The van der Waals surface area contributed by atoms with Crippen molar-refractivity contribution in [2.24, 2.45) is 23.7 Å². The maximum atomic E-state index is 12.9. The fraction of sp³-hybridized carbons (Fsp3) is 0.935. The van der Waals surface area contributed by atoms with Gasteiger partial charge in [-0.05, 0) is 49.4 Å². The number of aliphatic hydroxyl groups excluding tert-OH is 1. The predicted octanol–water partition coefficient (Wildman–Crippen LogP) is 16.6. The third kappa shape index (κ3) is 56.9. The molecule has 480 valence electrons. The monoisotopic (exact) mass is 1200 g/mol. The van der Waals surface area contributed by atoms with Crippen LogP contribution in [0.1, 0.15) is 293 Å². The van der Waals surface area contributed by atoms with Crippen molar-refractivity contribution in [1.29, 1.82) is 0 Å². The van der Waals surface area contributed by atoms with Crippen LogP contribution in [0.3, 0.4) is 0 Å². The Bertz CT molecular complexity index is 1630. The quantitative estimate of drug-likeness (QED) is 0.0222. The Morgan fingerprint density at radius 3 is 0.765 bits per heavy atom. The highest BCUT2D eigenvalue weighted by Crippen LogP contribution is 2.45. The molecule has 0 bridgehead atoms. The summed E-state index contributed by atoms with van der Waals surface area (Å²) >= 11 is 0. The van der Waals surface area contributed by atoms with Crippen molar-refractivity contribution in [3.8, 4) is 0 Å². The summed E-state index contributed by atoms with van der Waals surface area (Å²) in [5, 5.41) is 10.5. The van der Waals surface area contributed by atoms with Crippen LogP contribution in [0, 0.1) is 23.7 Å². The van der Waals surface area contributed by atoms with Crippen LogP contribution < -0.4 is 0 Å². The highest BCUT2D eigenvalue weighted by molar-refractivity contribution is 7.47. The van der Waals surface area contributed by atoms with Crippen LogP contribution in [0.25, 0.3) is 0 Å². The van der Waals surface area contributed by atoms with Gasteiger partial charge in [0.05, 0.1) is 26.4 Å². The predicted molar refractivity (Wildman–Crippen MR) is 321 cm³/mol. The highest BCUT2D eigenvalue weighted by Gasteiger charge is 2.30. The molecule has 0 aromatic rings. The van der Waals surface area contributed by atoms with Crippen LogP contribution in [-0.4, -0.2) is 96.7 Å². The zero-order valence-electron chi connectivity index (χ0n) is 52.4. The van der Waals surface area contributed by atoms with E-state index >= 15 is 0 Å². The van der Waals surface area contributed by atoms with E-state index < -0.39 is 97.5 Å². The van der Waals surface area contributed by atoms with Crippen molar-refractivity contribution in [2.45, 2.75) is 311 Å². The lowest BCUT2D eigenvalue weighted by Crippen LogP contribution is -2.30. The average Bonchev–Trinajstić information content (AvgIpc) is 3.40. The Balaban J connectivity index is 5.24. The summed E-state index contributed by atoms with van der Waals surface area (Å²) in [6.07, 6.45) is 31.1. The van der Waals surface area contributed by atoms with Crippen LogP contribution >= 0.6 is 15.6 Å². The number of esters is 4. The number of rotatable bonds is 59. The van der Waals surface area contributed by atoms with Gasteiger partial charge in [0.25, 0.3) is 0 Å². The molecule has 0 spiro atoms.